The number of alkyl halides is 2. The van der Waals surface area contributed by atoms with Gasteiger partial charge in [0.05, 0.1) is 25.3 Å². The zero-order valence-electron chi connectivity index (χ0n) is 9.16. The van der Waals surface area contributed by atoms with Crippen molar-refractivity contribution in [2.24, 2.45) is 0 Å². The maximum absolute atomic E-state index is 12.9. The van der Waals surface area contributed by atoms with Crippen LogP contribution in [0.5, 0.6) is 5.75 Å². The van der Waals surface area contributed by atoms with Crippen LogP contribution in [0.15, 0.2) is 12.1 Å². The summed E-state index contributed by atoms with van der Waals surface area (Å²) in [4.78, 5) is 11.3. The largest absolute Gasteiger partial charge is 0.495 e. The Kier molecular flexibility index (Phi) is 3.99. The minimum Gasteiger partial charge on any atom is -0.495 e. The first-order valence-electron chi connectivity index (χ1n) is 4.54. The lowest BCUT2D eigenvalue weighted by Gasteiger charge is -2.11. The van der Waals surface area contributed by atoms with E-state index in [0.717, 1.165) is 13.2 Å². The highest BCUT2D eigenvalue weighted by Gasteiger charge is 2.25. The molecule has 1 aromatic carbocycles. The Labute approximate surface area is 96.4 Å². The summed E-state index contributed by atoms with van der Waals surface area (Å²) in [5.41, 5.74) is -1.36. The van der Waals surface area contributed by atoms with Gasteiger partial charge in [0.15, 0.2) is 0 Å². The molecule has 0 radical (unpaired) electrons. The molecule has 6 heteroatoms. The second-order valence-electron chi connectivity index (χ2n) is 3.01. The van der Waals surface area contributed by atoms with Gasteiger partial charge in [-0.1, -0.05) is 0 Å². The Balaban J connectivity index is 3.55. The number of methoxy groups -OCH3 is 2. The number of halogens is 2. The summed E-state index contributed by atoms with van der Waals surface area (Å²) < 4.78 is 34.9. The van der Waals surface area contributed by atoms with E-state index in [4.69, 9.17) is 10.00 Å². The molecular weight excluding hydrogens is 232 g/mol. The van der Waals surface area contributed by atoms with E-state index in [1.165, 1.54) is 13.2 Å². The Morgan fingerprint density at radius 1 is 1.41 bits per heavy atom. The molecule has 17 heavy (non-hydrogen) atoms. The van der Waals surface area contributed by atoms with E-state index in [1.807, 2.05) is 0 Å². The van der Waals surface area contributed by atoms with Gasteiger partial charge in [-0.2, -0.15) is 5.26 Å². The van der Waals surface area contributed by atoms with E-state index in [9.17, 15) is 13.6 Å². The molecule has 0 heterocycles. The second kappa shape index (κ2) is 5.25. The topological polar surface area (TPSA) is 59.3 Å². The normalized spacial score (nSPS) is 9.88. The maximum atomic E-state index is 12.9. The van der Waals surface area contributed by atoms with Gasteiger partial charge in [0.2, 0.25) is 0 Å². The summed E-state index contributed by atoms with van der Waals surface area (Å²) >= 11 is 0. The Morgan fingerprint density at radius 3 is 2.47 bits per heavy atom. The first kappa shape index (κ1) is 12.9. The first-order chi connectivity index (χ1) is 8.06. The molecule has 90 valence electrons. The quantitative estimate of drug-likeness (QED) is 0.762. The first-order valence-corrected chi connectivity index (χ1v) is 4.54. The summed E-state index contributed by atoms with van der Waals surface area (Å²) in [7, 11) is 2.33. The lowest BCUT2D eigenvalue weighted by Crippen LogP contribution is -2.09. The van der Waals surface area contributed by atoms with Crippen molar-refractivity contribution in [3.63, 3.8) is 0 Å². The van der Waals surface area contributed by atoms with E-state index in [0.29, 0.717) is 0 Å². The van der Waals surface area contributed by atoms with Gasteiger partial charge in [0, 0.05) is 0 Å². The fraction of sp³-hybridized carbons (Fsp3) is 0.273. The van der Waals surface area contributed by atoms with Gasteiger partial charge in [0.1, 0.15) is 17.4 Å². The number of rotatable bonds is 3. The molecule has 0 unspecified atom stereocenters. The number of benzene rings is 1. The van der Waals surface area contributed by atoms with Crippen LogP contribution < -0.4 is 4.74 Å². The van der Waals surface area contributed by atoms with Crippen molar-refractivity contribution >= 4 is 5.97 Å². The van der Waals surface area contributed by atoms with Gasteiger partial charge in [0.25, 0.3) is 6.43 Å². The van der Waals surface area contributed by atoms with Crippen molar-refractivity contribution in [1.29, 1.82) is 5.26 Å². The van der Waals surface area contributed by atoms with Crippen molar-refractivity contribution in [3.8, 4) is 11.8 Å². The molecule has 0 saturated carbocycles. The highest BCUT2D eigenvalue weighted by Crippen LogP contribution is 2.32. The average molecular weight is 241 g/mol. The highest BCUT2D eigenvalue weighted by molar-refractivity contribution is 5.92. The minimum absolute atomic E-state index is 0.00421. The number of nitrogens with zero attached hydrogens (tertiary/aromatic N) is 1. The van der Waals surface area contributed by atoms with Gasteiger partial charge in [-0.25, -0.2) is 13.6 Å². The molecule has 0 aromatic heterocycles. The summed E-state index contributed by atoms with van der Waals surface area (Å²) in [5.74, 6) is -0.921. The van der Waals surface area contributed by atoms with Crippen molar-refractivity contribution in [3.05, 3.63) is 28.8 Å². The van der Waals surface area contributed by atoms with Crippen molar-refractivity contribution in [2.45, 2.75) is 6.43 Å². The third-order valence-electron chi connectivity index (χ3n) is 2.16. The molecule has 0 spiro atoms. The van der Waals surface area contributed by atoms with Crippen LogP contribution in [0.4, 0.5) is 8.78 Å². The number of hydrogen-bond donors (Lipinski definition) is 0. The van der Waals surface area contributed by atoms with Gasteiger partial charge < -0.3 is 9.47 Å². The highest BCUT2D eigenvalue weighted by atomic mass is 19.3. The lowest BCUT2D eigenvalue weighted by atomic mass is 10.0. The zero-order valence-corrected chi connectivity index (χ0v) is 9.16. The molecule has 1 rings (SSSR count). The van der Waals surface area contributed by atoms with Crippen LogP contribution >= 0.6 is 0 Å². The van der Waals surface area contributed by atoms with Crippen LogP contribution in [0.25, 0.3) is 0 Å². The third-order valence-corrected chi connectivity index (χ3v) is 2.16. The summed E-state index contributed by atoms with van der Waals surface area (Å²) in [6.45, 7) is 0. The third kappa shape index (κ3) is 2.33. The van der Waals surface area contributed by atoms with E-state index in [-0.39, 0.29) is 16.9 Å². The van der Waals surface area contributed by atoms with Crippen LogP contribution in [-0.2, 0) is 4.74 Å². The monoisotopic (exact) mass is 241 g/mol. The van der Waals surface area contributed by atoms with E-state index >= 15 is 0 Å². The fourth-order valence-electron chi connectivity index (χ4n) is 1.40. The van der Waals surface area contributed by atoms with Gasteiger partial charge in [-0.3, -0.25) is 0 Å². The average Bonchev–Trinajstić information content (AvgIpc) is 2.35. The van der Waals surface area contributed by atoms with E-state index in [1.54, 1.807) is 6.07 Å². The molecular formula is C11H9F2NO3. The molecule has 0 saturated heterocycles. The van der Waals surface area contributed by atoms with Crippen LogP contribution in [0.1, 0.15) is 27.9 Å². The predicted molar refractivity (Wildman–Crippen MR) is 54.0 cm³/mol. The fourth-order valence-corrected chi connectivity index (χ4v) is 1.40. The predicted octanol–water partition coefficient (Wildman–Crippen LogP) is 2.29. The number of carbonyl (C=O) groups is 1. The van der Waals surface area contributed by atoms with Gasteiger partial charge in [-0.15, -0.1) is 0 Å². The molecule has 0 amide bonds. The Bertz CT molecular complexity index is 480. The van der Waals surface area contributed by atoms with Gasteiger partial charge in [-0.05, 0) is 12.1 Å². The molecule has 0 aliphatic carbocycles. The SMILES string of the molecule is COC(=O)c1ccc(OC)c(C#N)c1C(F)F. The number of carbonyl (C=O) groups excluding carboxylic acids is 1. The summed E-state index contributed by atoms with van der Waals surface area (Å²) in [6, 6.07) is 4.02. The summed E-state index contributed by atoms with van der Waals surface area (Å²) in [5, 5.41) is 8.84. The summed E-state index contributed by atoms with van der Waals surface area (Å²) in [6.07, 6.45) is -2.96. The van der Waals surface area contributed by atoms with Crippen molar-refractivity contribution in [2.75, 3.05) is 14.2 Å². The Hall–Kier alpha value is -2.16. The zero-order chi connectivity index (χ0) is 13.0. The van der Waals surface area contributed by atoms with Crippen LogP contribution in [-0.4, -0.2) is 20.2 Å². The standard InChI is InChI=1S/C11H9F2NO3/c1-16-8-4-3-6(11(15)17-2)9(10(12)13)7(8)5-14/h3-4,10H,1-2H3. The maximum Gasteiger partial charge on any atom is 0.338 e. The number of esters is 1. The van der Waals surface area contributed by atoms with Gasteiger partial charge >= 0.3 is 5.97 Å². The molecule has 4 nitrogen and oxygen atoms in total. The molecule has 1 aromatic rings. The second-order valence-corrected chi connectivity index (χ2v) is 3.01. The van der Waals surface area contributed by atoms with Crippen LogP contribution in [0.2, 0.25) is 0 Å². The Morgan fingerprint density at radius 2 is 2.06 bits per heavy atom. The molecule has 0 N–H and O–H groups in total. The van der Waals surface area contributed by atoms with Crippen LogP contribution in [0.3, 0.4) is 0 Å². The van der Waals surface area contributed by atoms with Crippen LogP contribution in [0, 0.1) is 11.3 Å². The smallest absolute Gasteiger partial charge is 0.338 e. The molecule has 0 bridgehead atoms. The van der Waals surface area contributed by atoms with Crippen molar-refractivity contribution < 1.29 is 23.0 Å². The molecule has 0 aliphatic heterocycles. The number of hydrogen-bond acceptors (Lipinski definition) is 4. The number of nitriles is 1. The molecule has 0 atom stereocenters. The van der Waals surface area contributed by atoms with Crippen molar-refractivity contribution in [1.82, 2.24) is 0 Å². The lowest BCUT2D eigenvalue weighted by molar-refractivity contribution is 0.0589. The van der Waals surface area contributed by atoms with E-state index < -0.39 is 18.0 Å². The number of ether oxygens (including phenoxy) is 2. The molecule has 0 fully saturated rings. The minimum atomic E-state index is -2.96. The molecule has 0 aliphatic rings. The van der Waals surface area contributed by atoms with E-state index in [2.05, 4.69) is 4.74 Å².